The Bertz CT molecular complexity index is 1030. The molecule has 0 radical (unpaired) electrons. The maximum Gasteiger partial charge on any atom is 0.303 e. The van der Waals surface area contributed by atoms with Crippen LogP contribution in [-0.4, -0.2) is 130 Å². The number of carbonyl (C=O) groups is 4. The Morgan fingerprint density at radius 3 is 1.07 bits per heavy atom. The predicted molar refractivity (Wildman–Crippen MR) is 136 cm³/mol. The summed E-state index contributed by atoms with van der Waals surface area (Å²) in [7, 11) is 0. The lowest BCUT2D eigenvalue weighted by Gasteiger charge is -2.48. The maximum absolute atomic E-state index is 11.3. The van der Waals surface area contributed by atoms with Gasteiger partial charge in [0.25, 0.3) is 23.1 Å². The second-order valence-electron chi connectivity index (χ2n) is 11.5. The molecular formula is C26H40O18. The second-order valence-corrected chi connectivity index (χ2v) is 11.5. The quantitative estimate of drug-likeness (QED) is 0.149. The van der Waals surface area contributed by atoms with E-state index in [-0.39, 0.29) is 26.4 Å². The molecule has 0 amide bonds. The van der Waals surface area contributed by atoms with E-state index in [0.29, 0.717) is 0 Å². The smallest absolute Gasteiger partial charge is 0.303 e. The average Bonchev–Trinajstić information content (AvgIpc) is 3.36. The van der Waals surface area contributed by atoms with Gasteiger partial charge in [-0.15, -0.1) is 0 Å². The van der Waals surface area contributed by atoms with Crippen LogP contribution >= 0.6 is 0 Å². The second kappa shape index (κ2) is 12.3. The van der Waals surface area contributed by atoms with Gasteiger partial charge in [-0.05, 0) is 27.7 Å². The minimum Gasteiger partial charge on any atom is -0.456 e. The highest BCUT2D eigenvalue weighted by Crippen LogP contribution is 2.46. The molecule has 0 unspecified atom stereocenters. The Balaban J connectivity index is 0.000000240. The average molecular weight is 641 g/mol. The SMILES string of the molecule is CC(=O)O[C@@H]1[C@H](OC(C)=O)CO[C@]2(COC(C)(C)O2)C1(O)O.CC(=O)O[C@@H]1[C@H](OC(C)=O)CO[C@]2(COC(C)(C)O2)C1(O)O. The Morgan fingerprint density at radius 1 is 0.545 bits per heavy atom. The third-order valence-corrected chi connectivity index (χ3v) is 6.81. The fourth-order valence-corrected chi connectivity index (χ4v) is 5.02. The molecule has 0 aromatic heterocycles. The van der Waals surface area contributed by atoms with E-state index in [1.807, 2.05) is 0 Å². The molecule has 4 heterocycles. The van der Waals surface area contributed by atoms with E-state index in [1.54, 1.807) is 27.7 Å². The zero-order valence-electron chi connectivity index (χ0n) is 25.6. The van der Waals surface area contributed by atoms with E-state index in [9.17, 15) is 39.6 Å². The highest BCUT2D eigenvalue weighted by Gasteiger charge is 2.70. The van der Waals surface area contributed by atoms with Crippen molar-refractivity contribution in [2.75, 3.05) is 26.4 Å². The molecule has 0 aromatic carbocycles. The van der Waals surface area contributed by atoms with Crippen molar-refractivity contribution in [3.05, 3.63) is 0 Å². The van der Waals surface area contributed by atoms with Gasteiger partial charge in [-0.3, -0.25) is 19.2 Å². The molecule has 44 heavy (non-hydrogen) atoms. The van der Waals surface area contributed by atoms with Crippen molar-refractivity contribution in [1.29, 1.82) is 0 Å². The maximum atomic E-state index is 11.3. The van der Waals surface area contributed by atoms with Crippen molar-refractivity contribution in [2.24, 2.45) is 0 Å². The lowest BCUT2D eigenvalue weighted by molar-refractivity contribution is -0.436. The minimum atomic E-state index is -2.77. The summed E-state index contributed by atoms with van der Waals surface area (Å²) in [5, 5.41) is 42.0. The topological polar surface area (TPSA) is 241 Å². The van der Waals surface area contributed by atoms with E-state index in [2.05, 4.69) is 0 Å². The number of hydrogen-bond donors (Lipinski definition) is 4. The van der Waals surface area contributed by atoms with Gasteiger partial charge in [0, 0.05) is 27.7 Å². The third-order valence-electron chi connectivity index (χ3n) is 6.81. The molecule has 4 aliphatic rings. The third kappa shape index (κ3) is 7.30. The van der Waals surface area contributed by atoms with Crippen LogP contribution in [0.1, 0.15) is 55.4 Å². The zero-order chi connectivity index (χ0) is 33.5. The highest BCUT2D eigenvalue weighted by atomic mass is 16.9. The van der Waals surface area contributed by atoms with Gasteiger partial charge >= 0.3 is 23.9 Å². The number of carbonyl (C=O) groups excluding carboxylic acids is 4. The molecule has 0 saturated carbocycles. The summed E-state index contributed by atoms with van der Waals surface area (Å²) < 4.78 is 52.1. The van der Waals surface area contributed by atoms with Crippen LogP contribution in [0.2, 0.25) is 0 Å². The molecule has 4 N–H and O–H groups in total. The van der Waals surface area contributed by atoms with E-state index < -0.39 is 83.0 Å². The summed E-state index contributed by atoms with van der Waals surface area (Å²) in [6.07, 6.45) is -5.54. The van der Waals surface area contributed by atoms with Gasteiger partial charge in [-0.25, -0.2) is 0 Å². The Kier molecular flexibility index (Phi) is 10.1. The first-order valence-electron chi connectivity index (χ1n) is 13.5. The number of esters is 4. The molecule has 0 aromatic rings. The Labute approximate surface area is 252 Å². The molecule has 4 aliphatic heterocycles. The predicted octanol–water partition coefficient (Wildman–Crippen LogP) is -1.92. The van der Waals surface area contributed by atoms with Crippen molar-refractivity contribution in [3.8, 4) is 0 Å². The van der Waals surface area contributed by atoms with Gasteiger partial charge < -0.3 is 67.8 Å². The lowest BCUT2D eigenvalue weighted by atomic mass is 9.92. The fourth-order valence-electron chi connectivity index (χ4n) is 5.02. The summed E-state index contributed by atoms with van der Waals surface area (Å²) in [4.78, 5) is 44.8. The van der Waals surface area contributed by atoms with E-state index in [1.165, 1.54) is 0 Å². The van der Waals surface area contributed by atoms with E-state index in [0.717, 1.165) is 27.7 Å². The van der Waals surface area contributed by atoms with Crippen LogP contribution in [0.25, 0.3) is 0 Å². The minimum absolute atomic E-state index is 0.250. The number of aliphatic hydroxyl groups is 4. The van der Waals surface area contributed by atoms with Crippen molar-refractivity contribution in [2.45, 2.75) is 115 Å². The summed E-state index contributed by atoms with van der Waals surface area (Å²) in [5.74, 6) is -14.6. The molecular weight excluding hydrogens is 600 g/mol. The Morgan fingerprint density at radius 2 is 0.841 bits per heavy atom. The summed E-state index contributed by atoms with van der Waals surface area (Å²) in [6.45, 7) is 9.67. The summed E-state index contributed by atoms with van der Waals surface area (Å²) >= 11 is 0. The first-order chi connectivity index (χ1) is 20.0. The van der Waals surface area contributed by atoms with Gasteiger partial charge in [-0.2, -0.15) is 0 Å². The molecule has 4 saturated heterocycles. The number of rotatable bonds is 4. The molecule has 0 bridgehead atoms. The molecule has 6 atom stereocenters. The van der Waals surface area contributed by atoms with Crippen molar-refractivity contribution < 1.29 is 87.0 Å². The van der Waals surface area contributed by atoms with Gasteiger partial charge in [-0.1, -0.05) is 0 Å². The largest absolute Gasteiger partial charge is 0.456 e. The molecule has 2 spiro atoms. The van der Waals surface area contributed by atoms with Crippen molar-refractivity contribution >= 4 is 23.9 Å². The molecule has 252 valence electrons. The van der Waals surface area contributed by atoms with Crippen LogP contribution in [0.15, 0.2) is 0 Å². The first-order valence-corrected chi connectivity index (χ1v) is 13.5. The van der Waals surface area contributed by atoms with Crippen molar-refractivity contribution in [1.82, 2.24) is 0 Å². The van der Waals surface area contributed by atoms with E-state index in [4.69, 9.17) is 47.4 Å². The number of ether oxygens (including phenoxy) is 10. The molecule has 18 nitrogen and oxygen atoms in total. The van der Waals surface area contributed by atoms with Gasteiger partial charge in [0.15, 0.2) is 36.0 Å². The van der Waals surface area contributed by atoms with Crippen LogP contribution in [0, 0.1) is 0 Å². The van der Waals surface area contributed by atoms with Crippen LogP contribution in [-0.2, 0) is 66.5 Å². The summed E-state index contributed by atoms with van der Waals surface area (Å²) in [6, 6.07) is 0. The van der Waals surface area contributed by atoms with E-state index >= 15 is 0 Å². The Hall–Kier alpha value is -2.52. The fraction of sp³-hybridized carbons (Fsp3) is 0.846. The normalized spacial score (nSPS) is 36.1. The zero-order valence-corrected chi connectivity index (χ0v) is 25.6. The standard InChI is InChI=1S/2C13H20O9/c2*1-7(14)20-9-5-18-12(6-19-11(3,4)22-12)13(16,17)10(9)21-8(2)15/h2*9-10,16-17H,5-6H2,1-4H3/t2*9-,10-,12+/m11/s1. The van der Waals surface area contributed by atoms with Crippen molar-refractivity contribution in [3.63, 3.8) is 0 Å². The van der Waals surface area contributed by atoms with Gasteiger partial charge in [0.1, 0.15) is 13.2 Å². The lowest BCUT2D eigenvalue weighted by Crippen LogP contribution is -2.72. The van der Waals surface area contributed by atoms with Gasteiger partial charge in [0.2, 0.25) is 0 Å². The van der Waals surface area contributed by atoms with Crippen LogP contribution in [0.5, 0.6) is 0 Å². The molecule has 4 fully saturated rings. The molecule has 0 aliphatic carbocycles. The monoisotopic (exact) mass is 640 g/mol. The van der Waals surface area contributed by atoms with Crippen LogP contribution in [0.4, 0.5) is 0 Å². The molecule has 18 heteroatoms. The van der Waals surface area contributed by atoms with Gasteiger partial charge in [0.05, 0.1) is 13.2 Å². The van der Waals surface area contributed by atoms with Crippen LogP contribution < -0.4 is 0 Å². The summed E-state index contributed by atoms with van der Waals surface area (Å²) in [5.41, 5.74) is 0. The molecule has 4 rings (SSSR count). The highest BCUT2D eigenvalue weighted by molar-refractivity contribution is 5.68. The van der Waals surface area contributed by atoms with Crippen LogP contribution in [0.3, 0.4) is 0 Å². The number of hydrogen-bond acceptors (Lipinski definition) is 18. The first kappa shape index (κ1) is 36.0.